The quantitative estimate of drug-likeness (QED) is 0.907. The molecular formula is C13H18N2O2S. The highest BCUT2D eigenvalue weighted by Crippen LogP contribution is 2.39. The summed E-state index contributed by atoms with van der Waals surface area (Å²) in [6, 6.07) is 3.92. The molecule has 2 atom stereocenters. The summed E-state index contributed by atoms with van der Waals surface area (Å²) in [5.74, 6) is -0.262. The van der Waals surface area contributed by atoms with Crippen LogP contribution in [-0.2, 0) is 9.59 Å². The molecule has 2 unspecified atom stereocenters. The van der Waals surface area contributed by atoms with Crippen LogP contribution in [-0.4, -0.2) is 29.8 Å². The molecule has 1 fully saturated rings. The predicted octanol–water partition coefficient (Wildman–Crippen LogP) is 1.79. The molecule has 0 saturated carbocycles. The van der Waals surface area contributed by atoms with Crippen LogP contribution in [0.5, 0.6) is 0 Å². The van der Waals surface area contributed by atoms with Crippen molar-refractivity contribution >= 4 is 23.2 Å². The molecule has 4 nitrogen and oxygen atoms in total. The van der Waals surface area contributed by atoms with Crippen molar-refractivity contribution in [2.45, 2.75) is 32.4 Å². The number of hydrogen-bond donors (Lipinski definition) is 1. The van der Waals surface area contributed by atoms with Crippen LogP contribution in [0.3, 0.4) is 0 Å². The van der Waals surface area contributed by atoms with Crippen LogP contribution in [0.4, 0.5) is 0 Å². The summed E-state index contributed by atoms with van der Waals surface area (Å²) in [6.45, 7) is 3.86. The number of thiophene rings is 1. The van der Waals surface area contributed by atoms with Crippen LogP contribution in [0.25, 0.3) is 0 Å². The van der Waals surface area contributed by atoms with E-state index in [0.29, 0.717) is 6.42 Å². The maximum atomic E-state index is 12.2. The Balaban J connectivity index is 2.23. The Bertz CT molecular complexity index is 442. The molecule has 0 aromatic carbocycles. The molecule has 0 radical (unpaired) electrons. The lowest BCUT2D eigenvalue weighted by Gasteiger charge is -2.24. The number of nitrogens with one attached hydrogen (secondary N) is 1. The number of carbonyl (C=O) groups excluding carboxylic acids is 2. The SMILES string of the molecule is CC(C)NC(=O)C1CC(=O)N(C)C1c1cccs1. The highest BCUT2D eigenvalue weighted by atomic mass is 32.1. The largest absolute Gasteiger partial charge is 0.354 e. The molecule has 98 valence electrons. The number of rotatable bonds is 3. The minimum absolute atomic E-state index is 0.0268. The van der Waals surface area contributed by atoms with Gasteiger partial charge in [0, 0.05) is 24.4 Å². The van der Waals surface area contributed by atoms with E-state index in [1.54, 1.807) is 23.3 Å². The molecule has 0 aliphatic carbocycles. The van der Waals surface area contributed by atoms with Gasteiger partial charge in [-0.25, -0.2) is 0 Å². The van der Waals surface area contributed by atoms with E-state index in [1.165, 1.54) is 0 Å². The number of carbonyl (C=O) groups is 2. The van der Waals surface area contributed by atoms with E-state index in [-0.39, 0.29) is 29.8 Å². The van der Waals surface area contributed by atoms with Crippen molar-refractivity contribution in [1.29, 1.82) is 0 Å². The van der Waals surface area contributed by atoms with Crippen molar-refractivity contribution in [3.63, 3.8) is 0 Å². The third-order valence-electron chi connectivity index (χ3n) is 3.19. The lowest BCUT2D eigenvalue weighted by atomic mass is 9.97. The molecule has 1 aliphatic heterocycles. The Kier molecular flexibility index (Phi) is 3.71. The van der Waals surface area contributed by atoms with Crippen LogP contribution in [0.1, 0.15) is 31.2 Å². The van der Waals surface area contributed by atoms with Gasteiger partial charge in [0.1, 0.15) is 0 Å². The molecule has 0 spiro atoms. The number of hydrogen-bond acceptors (Lipinski definition) is 3. The maximum absolute atomic E-state index is 12.2. The van der Waals surface area contributed by atoms with Gasteiger partial charge in [0.15, 0.2) is 0 Å². The summed E-state index contributed by atoms with van der Waals surface area (Å²) < 4.78 is 0. The van der Waals surface area contributed by atoms with Crippen LogP contribution < -0.4 is 5.32 Å². The van der Waals surface area contributed by atoms with E-state index in [2.05, 4.69) is 5.32 Å². The zero-order chi connectivity index (χ0) is 13.3. The molecule has 1 N–H and O–H groups in total. The van der Waals surface area contributed by atoms with E-state index in [4.69, 9.17) is 0 Å². The Hall–Kier alpha value is -1.36. The second-order valence-corrected chi connectivity index (χ2v) is 5.92. The fourth-order valence-electron chi connectivity index (χ4n) is 2.35. The number of amides is 2. The van der Waals surface area contributed by atoms with Crippen molar-refractivity contribution in [3.8, 4) is 0 Å². The van der Waals surface area contributed by atoms with Gasteiger partial charge in [-0.2, -0.15) is 0 Å². The maximum Gasteiger partial charge on any atom is 0.226 e. The second kappa shape index (κ2) is 5.10. The summed E-state index contributed by atoms with van der Waals surface area (Å²) in [7, 11) is 1.77. The molecule has 2 rings (SSSR count). The number of nitrogens with zero attached hydrogens (tertiary/aromatic N) is 1. The Morgan fingerprint density at radius 2 is 2.28 bits per heavy atom. The van der Waals surface area contributed by atoms with Crippen molar-refractivity contribution < 1.29 is 9.59 Å². The average Bonchev–Trinajstić information content (AvgIpc) is 2.87. The topological polar surface area (TPSA) is 49.4 Å². The highest BCUT2D eigenvalue weighted by molar-refractivity contribution is 7.10. The Morgan fingerprint density at radius 1 is 1.56 bits per heavy atom. The smallest absolute Gasteiger partial charge is 0.226 e. The fraction of sp³-hybridized carbons (Fsp3) is 0.538. The first kappa shape index (κ1) is 13.1. The lowest BCUT2D eigenvalue weighted by Crippen LogP contribution is -2.37. The Morgan fingerprint density at radius 3 is 2.83 bits per heavy atom. The van der Waals surface area contributed by atoms with Crippen LogP contribution in [0, 0.1) is 5.92 Å². The van der Waals surface area contributed by atoms with Gasteiger partial charge in [-0.1, -0.05) is 6.07 Å². The summed E-state index contributed by atoms with van der Waals surface area (Å²) in [5.41, 5.74) is 0. The first-order chi connectivity index (χ1) is 8.50. The second-order valence-electron chi connectivity index (χ2n) is 4.94. The van der Waals surface area contributed by atoms with Crippen LogP contribution in [0.2, 0.25) is 0 Å². The fourth-order valence-corrected chi connectivity index (χ4v) is 3.28. The Labute approximate surface area is 111 Å². The van der Waals surface area contributed by atoms with E-state index in [9.17, 15) is 9.59 Å². The third-order valence-corrected chi connectivity index (χ3v) is 4.13. The first-order valence-corrected chi connectivity index (χ1v) is 6.98. The van der Waals surface area contributed by atoms with Gasteiger partial charge in [-0.05, 0) is 25.3 Å². The van der Waals surface area contributed by atoms with Crippen molar-refractivity contribution in [2.75, 3.05) is 7.05 Å². The van der Waals surface area contributed by atoms with E-state index in [1.807, 2.05) is 31.4 Å². The molecule has 1 aliphatic rings. The van der Waals surface area contributed by atoms with Gasteiger partial charge in [0.05, 0.1) is 12.0 Å². The zero-order valence-electron chi connectivity index (χ0n) is 10.8. The minimum atomic E-state index is -0.274. The van der Waals surface area contributed by atoms with E-state index < -0.39 is 0 Å². The van der Waals surface area contributed by atoms with Gasteiger partial charge < -0.3 is 10.2 Å². The van der Waals surface area contributed by atoms with Crippen LogP contribution in [0.15, 0.2) is 17.5 Å². The molecule has 5 heteroatoms. The minimum Gasteiger partial charge on any atom is -0.354 e. The van der Waals surface area contributed by atoms with E-state index >= 15 is 0 Å². The van der Waals surface area contributed by atoms with E-state index in [0.717, 1.165) is 4.88 Å². The summed E-state index contributed by atoms with van der Waals surface area (Å²) in [5, 5.41) is 4.88. The predicted molar refractivity (Wildman–Crippen MR) is 71.2 cm³/mol. The molecule has 1 aromatic heterocycles. The standard InChI is InChI=1S/C13H18N2O2S/c1-8(2)14-13(17)9-7-11(16)15(3)12(9)10-5-4-6-18-10/h4-6,8-9,12H,7H2,1-3H3,(H,14,17). The molecule has 0 bridgehead atoms. The first-order valence-electron chi connectivity index (χ1n) is 6.10. The average molecular weight is 266 g/mol. The lowest BCUT2D eigenvalue weighted by molar-refractivity contribution is -0.128. The van der Waals surface area contributed by atoms with Crippen molar-refractivity contribution in [3.05, 3.63) is 22.4 Å². The molecule has 18 heavy (non-hydrogen) atoms. The summed E-state index contributed by atoms with van der Waals surface area (Å²) >= 11 is 1.59. The molecule has 1 aromatic rings. The van der Waals surface area contributed by atoms with Gasteiger partial charge in [-0.3, -0.25) is 9.59 Å². The van der Waals surface area contributed by atoms with Gasteiger partial charge in [0.2, 0.25) is 11.8 Å². The van der Waals surface area contributed by atoms with Crippen molar-refractivity contribution in [2.24, 2.45) is 5.92 Å². The summed E-state index contributed by atoms with van der Waals surface area (Å²) in [6.07, 6.45) is 0.303. The van der Waals surface area contributed by atoms with Gasteiger partial charge in [-0.15, -0.1) is 11.3 Å². The van der Waals surface area contributed by atoms with Crippen molar-refractivity contribution in [1.82, 2.24) is 10.2 Å². The monoisotopic (exact) mass is 266 g/mol. The number of likely N-dealkylation sites (tertiary alicyclic amines) is 1. The summed E-state index contributed by atoms with van der Waals surface area (Å²) in [4.78, 5) is 26.8. The molecule has 2 amide bonds. The highest BCUT2D eigenvalue weighted by Gasteiger charge is 2.43. The van der Waals surface area contributed by atoms with Gasteiger partial charge >= 0.3 is 0 Å². The molecule has 1 saturated heterocycles. The zero-order valence-corrected chi connectivity index (χ0v) is 11.7. The third kappa shape index (κ3) is 2.41. The normalized spacial score (nSPS) is 23.8. The van der Waals surface area contributed by atoms with Gasteiger partial charge in [0.25, 0.3) is 0 Å². The molecule has 2 heterocycles. The van der Waals surface area contributed by atoms with Crippen LogP contribution >= 0.6 is 11.3 Å². The molecular weight excluding hydrogens is 248 g/mol.